The van der Waals surface area contributed by atoms with Gasteiger partial charge < -0.3 is 45.2 Å². The molecule has 7 N–H and O–H groups in total. The van der Waals surface area contributed by atoms with E-state index in [1.54, 1.807) is 97.1 Å². The molecule has 0 spiro atoms. The van der Waals surface area contributed by atoms with Crippen LogP contribution in [0.25, 0.3) is 11.6 Å². The highest BCUT2D eigenvalue weighted by Gasteiger charge is 2.48. The molecule has 3 aliphatic rings. The van der Waals surface area contributed by atoms with Gasteiger partial charge in [-0.1, -0.05) is 36.4 Å². The summed E-state index contributed by atoms with van der Waals surface area (Å²) in [6, 6.07) is 29.1. The fourth-order valence-electron chi connectivity index (χ4n) is 7.97. The smallest absolute Gasteiger partial charge is 0.135 e. The lowest BCUT2D eigenvalue weighted by Crippen LogP contribution is -2.16. The third-order valence-corrected chi connectivity index (χ3v) is 10.0. The zero-order valence-corrected chi connectivity index (χ0v) is 26.7. The molecule has 0 aromatic heterocycles. The number of phenols is 7. The van der Waals surface area contributed by atoms with Gasteiger partial charge in [-0.25, -0.2) is 0 Å². The monoisotopic (exact) mass is 678 g/mol. The first kappa shape index (κ1) is 30.3. The molecule has 9 rings (SSSR count). The van der Waals surface area contributed by atoms with Crippen molar-refractivity contribution >= 4 is 11.6 Å². The molecule has 0 saturated heterocycles. The van der Waals surface area contributed by atoms with Crippen LogP contribution in [0.1, 0.15) is 74.1 Å². The Morgan fingerprint density at radius 3 is 1.51 bits per heavy atom. The summed E-state index contributed by atoms with van der Waals surface area (Å²) < 4.78 is 13.4. The van der Waals surface area contributed by atoms with E-state index < -0.39 is 24.0 Å². The molecule has 6 aromatic carbocycles. The summed E-state index contributed by atoms with van der Waals surface area (Å²) in [7, 11) is 0. The number of ether oxygens (including phenoxy) is 2. The summed E-state index contributed by atoms with van der Waals surface area (Å²) >= 11 is 0. The Balaban J connectivity index is 1.44. The predicted octanol–water partition coefficient (Wildman–Crippen LogP) is 8.06. The molecule has 4 atom stereocenters. The quantitative estimate of drug-likeness (QED) is 0.0982. The van der Waals surface area contributed by atoms with E-state index in [-0.39, 0.29) is 40.2 Å². The topological polar surface area (TPSA) is 160 Å². The maximum absolute atomic E-state index is 11.9. The van der Waals surface area contributed by atoms with Gasteiger partial charge in [-0.2, -0.15) is 0 Å². The molecule has 51 heavy (non-hydrogen) atoms. The first-order valence-electron chi connectivity index (χ1n) is 16.3. The number of phenolic OH excluding ortho intramolecular Hbond substituents is 7. The van der Waals surface area contributed by atoms with E-state index in [9.17, 15) is 35.7 Å². The van der Waals surface area contributed by atoms with E-state index in [1.165, 1.54) is 12.1 Å². The van der Waals surface area contributed by atoms with Crippen molar-refractivity contribution in [1.29, 1.82) is 0 Å². The van der Waals surface area contributed by atoms with Crippen LogP contribution in [0.2, 0.25) is 0 Å². The van der Waals surface area contributed by atoms with Crippen molar-refractivity contribution in [2.24, 2.45) is 0 Å². The van der Waals surface area contributed by atoms with E-state index in [1.807, 2.05) is 6.08 Å². The number of rotatable bonds is 3. The second-order valence-electron chi connectivity index (χ2n) is 13.1. The van der Waals surface area contributed by atoms with Gasteiger partial charge in [0.2, 0.25) is 0 Å². The van der Waals surface area contributed by atoms with E-state index in [0.717, 1.165) is 5.56 Å². The molecule has 0 saturated carbocycles. The van der Waals surface area contributed by atoms with E-state index in [4.69, 9.17) is 9.47 Å². The molecule has 0 radical (unpaired) electrons. The van der Waals surface area contributed by atoms with Crippen LogP contribution >= 0.6 is 0 Å². The first-order chi connectivity index (χ1) is 24.6. The molecule has 2 heterocycles. The van der Waals surface area contributed by atoms with Crippen molar-refractivity contribution in [3.05, 3.63) is 159 Å². The Labute approximate surface area is 291 Å². The van der Waals surface area contributed by atoms with Gasteiger partial charge in [0.05, 0.1) is 11.8 Å². The summed E-state index contributed by atoms with van der Waals surface area (Å²) in [6.45, 7) is 0. The third kappa shape index (κ3) is 4.85. The average molecular weight is 679 g/mol. The van der Waals surface area contributed by atoms with Gasteiger partial charge in [-0.3, -0.25) is 0 Å². The minimum Gasteiger partial charge on any atom is -0.508 e. The van der Waals surface area contributed by atoms with Gasteiger partial charge in [0.15, 0.2) is 0 Å². The number of hydrogen-bond donors (Lipinski definition) is 7. The fourth-order valence-corrected chi connectivity index (χ4v) is 7.97. The SMILES string of the molecule is Oc1ccc(C=C2c3cc(O)cc4c3C(c3cc(O)cc5c3[C@@H](c3cc(O)cc(O)c32)[C@H](c2ccc(O)cc2)O5)[C@@H](c2ccc(O)cc2)O4)cc1. The number of aromatic hydroxyl groups is 7. The van der Waals surface area contributed by atoms with Gasteiger partial charge >= 0.3 is 0 Å². The summed E-state index contributed by atoms with van der Waals surface area (Å²) in [5.74, 6) is -0.833. The van der Waals surface area contributed by atoms with Gasteiger partial charge in [-0.15, -0.1) is 0 Å². The van der Waals surface area contributed by atoms with Crippen LogP contribution in [0.3, 0.4) is 0 Å². The molecule has 9 heteroatoms. The van der Waals surface area contributed by atoms with E-state index in [0.29, 0.717) is 61.6 Å². The highest BCUT2D eigenvalue weighted by Crippen LogP contribution is 2.63. The lowest BCUT2D eigenvalue weighted by molar-refractivity contribution is 0.219. The standard InChI is InChI=1S/C42H30O9/c43-23-7-1-20(2-8-23)13-29-30-14-27(47)18-34-37(30)40(42(50-34)22-5-11-25(45)12-6-22)32-16-28(48)19-35-38(32)39(31-15-26(46)17-33(49)36(29)31)41(51-35)21-3-9-24(44)10-4-21/h1-19,39-49H/t39-,40?,41+,42-/m1/s1. The Bertz CT molecular complexity index is 2400. The summed E-state index contributed by atoms with van der Waals surface area (Å²) in [5, 5.41) is 75.9. The van der Waals surface area contributed by atoms with Gasteiger partial charge in [0.25, 0.3) is 0 Å². The molecule has 9 nitrogen and oxygen atoms in total. The van der Waals surface area contributed by atoms with Gasteiger partial charge in [0.1, 0.15) is 64.0 Å². The molecule has 2 aliphatic heterocycles. The number of fused-ring (bicyclic) bond motifs is 3. The van der Waals surface area contributed by atoms with Crippen molar-refractivity contribution in [2.45, 2.75) is 24.0 Å². The van der Waals surface area contributed by atoms with Crippen LogP contribution in [0.15, 0.2) is 109 Å². The molecule has 252 valence electrons. The number of benzene rings is 6. The summed E-state index contributed by atoms with van der Waals surface area (Å²) in [6.07, 6.45) is 0.410. The average Bonchev–Trinajstić information content (AvgIpc) is 3.67. The van der Waals surface area contributed by atoms with Crippen molar-refractivity contribution in [2.75, 3.05) is 0 Å². The molecule has 0 bridgehead atoms. The molecule has 1 aliphatic carbocycles. The molecule has 6 aromatic rings. The van der Waals surface area contributed by atoms with Crippen LogP contribution in [-0.2, 0) is 0 Å². The van der Waals surface area contributed by atoms with E-state index >= 15 is 0 Å². The zero-order valence-electron chi connectivity index (χ0n) is 26.7. The lowest BCUT2D eigenvalue weighted by atomic mass is 9.76. The molecule has 0 amide bonds. The van der Waals surface area contributed by atoms with Crippen molar-refractivity contribution in [3.8, 4) is 51.7 Å². The fraction of sp³-hybridized carbons (Fsp3) is 0.0952. The van der Waals surface area contributed by atoms with Crippen molar-refractivity contribution < 1.29 is 45.2 Å². The molecular weight excluding hydrogens is 648 g/mol. The van der Waals surface area contributed by atoms with Crippen molar-refractivity contribution in [1.82, 2.24) is 0 Å². The van der Waals surface area contributed by atoms with Crippen molar-refractivity contribution in [3.63, 3.8) is 0 Å². The maximum Gasteiger partial charge on any atom is 0.135 e. The van der Waals surface area contributed by atoms with Crippen LogP contribution in [0.4, 0.5) is 0 Å². The first-order valence-corrected chi connectivity index (χ1v) is 16.3. The van der Waals surface area contributed by atoms with E-state index in [2.05, 4.69) is 0 Å². The minimum absolute atomic E-state index is 0.0508. The second-order valence-corrected chi connectivity index (χ2v) is 13.1. The van der Waals surface area contributed by atoms with Crippen LogP contribution < -0.4 is 9.47 Å². The summed E-state index contributed by atoms with van der Waals surface area (Å²) in [4.78, 5) is 0. The highest BCUT2D eigenvalue weighted by molar-refractivity contribution is 5.98. The Kier molecular flexibility index (Phi) is 6.63. The van der Waals surface area contributed by atoms with Crippen LogP contribution in [0.5, 0.6) is 51.7 Å². The lowest BCUT2D eigenvalue weighted by Gasteiger charge is -2.26. The normalized spacial score (nSPS) is 20.3. The summed E-state index contributed by atoms with van der Waals surface area (Å²) in [5.41, 5.74) is 6.06. The molecule has 0 fully saturated rings. The highest BCUT2D eigenvalue weighted by atomic mass is 16.5. The van der Waals surface area contributed by atoms with Crippen LogP contribution in [0, 0.1) is 0 Å². The third-order valence-electron chi connectivity index (χ3n) is 10.0. The Hall–Kier alpha value is -6.74. The second kappa shape index (κ2) is 11.1. The maximum atomic E-state index is 11.9. The predicted molar refractivity (Wildman–Crippen MR) is 188 cm³/mol. The zero-order chi connectivity index (χ0) is 35.1. The Morgan fingerprint density at radius 1 is 0.451 bits per heavy atom. The minimum atomic E-state index is -0.737. The molecular formula is C42H30O9. The van der Waals surface area contributed by atoms with Gasteiger partial charge in [-0.05, 0) is 99.6 Å². The largest absolute Gasteiger partial charge is 0.508 e. The van der Waals surface area contributed by atoms with Gasteiger partial charge in [0, 0.05) is 34.9 Å². The molecule has 1 unspecified atom stereocenters. The Morgan fingerprint density at radius 2 is 0.922 bits per heavy atom. The number of hydrogen-bond acceptors (Lipinski definition) is 9. The van der Waals surface area contributed by atoms with Crippen LogP contribution in [-0.4, -0.2) is 35.7 Å².